The molecule has 0 aliphatic rings. The second-order valence-corrected chi connectivity index (χ2v) is 13.9. The summed E-state index contributed by atoms with van der Waals surface area (Å²) in [6, 6.07) is 13.0. The van der Waals surface area contributed by atoms with E-state index in [2.05, 4.69) is 23.9 Å². The van der Waals surface area contributed by atoms with Crippen molar-refractivity contribution in [1.82, 2.24) is 4.72 Å². The minimum Gasteiger partial charge on any atom is -0.493 e. The normalized spacial score (nSPS) is 12.1. The molecule has 0 fully saturated rings. The van der Waals surface area contributed by atoms with Crippen LogP contribution in [0.5, 0.6) is 11.5 Å². The van der Waals surface area contributed by atoms with E-state index in [9.17, 15) is 18.0 Å². The molecule has 0 aliphatic heterocycles. The summed E-state index contributed by atoms with van der Waals surface area (Å²) in [5, 5.41) is 2.51. The van der Waals surface area contributed by atoms with Gasteiger partial charge in [0, 0.05) is 23.7 Å². The van der Waals surface area contributed by atoms with Crippen molar-refractivity contribution in [3.63, 3.8) is 0 Å². The molecular weight excluding hydrogens is 599 g/mol. The quantitative estimate of drug-likeness (QED) is 0.0891. The third-order valence-corrected chi connectivity index (χ3v) is 8.77. The lowest BCUT2D eigenvalue weighted by atomic mass is 9.86. The molecule has 2 aromatic carbocycles. The lowest BCUT2D eigenvalue weighted by molar-refractivity contribution is -0.132. The van der Waals surface area contributed by atoms with Crippen molar-refractivity contribution in [3.8, 4) is 11.5 Å². The fourth-order valence-electron chi connectivity index (χ4n) is 4.04. The maximum Gasteiger partial charge on any atom is 0.268 e. The van der Waals surface area contributed by atoms with Crippen LogP contribution >= 0.6 is 23.2 Å². The van der Waals surface area contributed by atoms with E-state index in [0.717, 1.165) is 51.4 Å². The standard InChI is InChI=1S/C31H44Cl2N2O6S/c1-5-7-9-14-20-40-25-18-19-27(26(22-25)41-21-15-10-8-6-2)42(38,39)34-23-30(3,4)28(36)31(32,33)29(37)35-24-16-12-11-13-17-24/h11-13,16-19,22,34H,5-10,14-15,20-21,23H2,1-4H3,(H,35,37). The highest BCUT2D eigenvalue weighted by molar-refractivity contribution is 7.89. The van der Waals surface area contributed by atoms with Gasteiger partial charge in [-0.1, -0.05) is 108 Å². The largest absolute Gasteiger partial charge is 0.493 e. The Morgan fingerprint density at radius 1 is 0.833 bits per heavy atom. The number of anilines is 1. The highest BCUT2D eigenvalue weighted by atomic mass is 35.5. The number of hydrogen-bond donors (Lipinski definition) is 2. The maximum atomic E-state index is 13.4. The van der Waals surface area contributed by atoms with Crippen LogP contribution in [0.3, 0.4) is 0 Å². The summed E-state index contributed by atoms with van der Waals surface area (Å²) < 4.78 is 38.7. The lowest BCUT2D eigenvalue weighted by Crippen LogP contribution is -2.50. The van der Waals surface area contributed by atoms with Gasteiger partial charge < -0.3 is 14.8 Å². The molecule has 0 aliphatic carbocycles. The SMILES string of the molecule is CCCCCCOc1ccc(S(=O)(=O)NCC(C)(C)C(=O)C(Cl)(Cl)C(=O)Nc2ccccc2)c(OCCCCCC)c1. The molecule has 0 aromatic heterocycles. The molecule has 0 bridgehead atoms. The summed E-state index contributed by atoms with van der Waals surface area (Å²) in [4.78, 5) is 25.9. The third-order valence-electron chi connectivity index (χ3n) is 6.65. The van der Waals surface area contributed by atoms with Crippen molar-refractivity contribution in [2.24, 2.45) is 5.41 Å². The van der Waals surface area contributed by atoms with E-state index < -0.39 is 31.5 Å². The number of halogens is 2. The number of benzene rings is 2. The summed E-state index contributed by atoms with van der Waals surface area (Å²) in [5.41, 5.74) is -1.03. The Morgan fingerprint density at radius 2 is 1.43 bits per heavy atom. The molecule has 2 N–H and O–H groups in total. The molecule has 0 spiro atoms. The summed E-state index contributed by atoms with van der Waals surface area (Å²) in [7, 11) is -4.14. The summed E-state index contributed by atoms with van der Waals surface area (Å²) >= 11 is 12.5. The number of nitrogens with one attached hydrogen (secondary N) is 2. The van der Waals surface area contributed by atoms with Gasteiger partial charge in [0.25, 0.3) is 10.2 Å². The van der Waals surface area contributed by atoms with E-state index in [1.165, 1.54) is 19.9 Å². The Bertz CT molecular complexity index is 1250. The van der Waals surface area contributed by atoms with Gasteiger partial charge in [-0.25, -0.2) is 13.1 Å². The monoisotopic (exact) mass is 642 g/mol. The van der Waals surface area contributed by atoms with Gasteiger partial charge in [-0.3, -0.25) is 9.59 Å². The average molecular weight is 644 g/mol. The van der Waals surface area contributed by atoms with Gasteiger partial charge in [0.1, 0.15) is 16.4 Å². The van der Waals surface area contributed by atoms with Crippen LogP contribution in [0, 0.1) is 5.41 Å². The smallest absolute Gasteiger partial charge is 0.268 e. The van der Waals surface area contributed by atoms with E-state index in [1.54, 1.807) is 42.5 Å². The Labute approximate surface area is 260 Å². The average Bonchev–Trinajstić information content (AvgIpc) is 2.96. The van der Waals surface area contributed by atoms with Crippen LogP contribution in [0.4, 0.5) is 5.69 Å². The predicted octanol–water partition coefficient (Wildman–Crippen LogP) is 7.29. The number of ketones is 1. The first-order valence-corrected chi connectivity index (χ1v) is 16.8. The summed E-state index contributed by atoms with van der Waals surface area (Å²) in [6.45, 7) is 7.69. The van der Waals surface area contributed by atoms with Crippen molar-refractivity contribution >= 4 is 50.6 Å². The predicted molar refractivity (Wildman–Crippen MR) is 169 cm³/mol. The molecule has 0 saturated carbocycles. The number of amides is 1. The number of ether oxygens (including phenoxy) is 2. The minimum atomic E-state index is -4.14. The number of para-hydroxylation sites is 1. The summed E-state index contributed by atoms with van der Waals surface area (Å²) in [6.07, 6.45) is 8.09. The van der Waals surface area contributed by atoms with E-state index in [-0.39, 0.29) is 17.2 Å². The highest BCUT2D eigenvalue weighted by Crippen LogP contribution is 2.34. The number of rotatable bonds is 20. The Morgan fingerprint density at radius 3 is 2.02 bits per heavy atom. The molecule has 42 heavy (non-hydrogen) atoms. The molecule has 0 radical (unpaired) electrons. The number of alkyl halides is 2. The molecule has 1 amide bonds. The van der Waals surface area contributed by atoms with Crippen LogP contribution in [0.15, 0.2) is 53.4 Å². The number of hydrogen-bond acceptors (Lipinski definition) is 6. The number of carbonyl (C=O) groups is 2. The van der Waals surface area contributed by atoms with Crippen molar-refractivity contribution < 1.29 is 27.5 Å². The van der Waals surface area contributed by atoms with Gasteiger partial charge in [-0.05, 0) is 37.1 Å². The topological polar surface area (TPSA) is 111 Å². The van der Waals surface area contributed by atoms with Crippen molar-refractivity contribution in [2.75, 3.05) is 25.1 Å². The van der Waals surface area contributed by atoms with E-state index in [1.807, 2.05) is 0 Å². The van der Waals surface area contributed by atoms with Gasteiger partial charge in [0.05, 0.1) is 13.2 Å². The molecule has 0 unspecified atom stereocenters. The Kier molecular flexibility index (Phi) is 14.6. The molecular formula is C31H44Cl2N2O6S. The van der Waals surface area contributed by atoms with Crippen molar-refractivity contribution in [2.45, 2.75) is 88.3 Å². The fraction of sp³-hybridized carbons (Fsp3) is 0.548. The molecule has 2 aromatic rings. The minimum absolute atomic E-state index is 0.0793. The van der Waals surface area contributed by atoms with Crippen LogP contribution in [-0.2, 0) is 19.6 Å². The zero-order valence-corrected chi connectivity index (χ0v) is 27.3. The molecule has 0 saturated heterocycles. The Hall–Kier alpha value is -2.33. The second-order valence-electron chi connectivity index (χ2n) is 10.9. The van der Waals surface area contributed by atoms with Crippen molar-refractivity contribution in [1.29, 1.82) is 0 Å². The van der Waals surface area contributed by atoms with Crippen LogP contribution in [0.1, 0.15) is 79.1 Å². The highest BCUT2D eigenvalue weighted by Gasteiger charge is 2.49. The summed E-state index contributed by atoms with van der Waals surface area (Å²) in [5.74, 6) is -1.10. The van der Waals surface area contributed by atoms with Crippen LogP contribution in [-0.4, -0.2) is 44.2 Å². The molecule has 2 rings (SSSR count). The number of sulfonamides is 1. The van der Waals surface area contributed by atoms with E-state index in [0.29, 0.717) is 24.7 Å². The van der Waals surface area contributed by atoms with Crippen LogP contribution < -0.4 is 19.5 Å². The first-order chi connectivity index (χ1) is 19.8. The van der Waals surface area contributed by atoms with Gasteiger partial charge in [0.2, 0.25) is 10.0 Å². The lowest BCUT2D eigenvalue weighted by Gasteiger charge is -2.29. The Balaban J connectivity index is 2.16. The number of Topliss-reactive ketones (excluding diaryl/α,β-unsaturated/α-hetero) is 1. The van der Waals surface area contributed by atoms with Crippen LogP contribution in [0.2, 0.25) is 0 Å². The molecule has 11 heteroatoms. The first-order valence-electron chi connectivity index (χ1n) is 14.5. The maximum absolute atomic E-state index is 13.4. The number of carbonyl (C=O) groups excluding carboxylic acids is 2. The van der Waals surface area contributed by atoms with Gasteiger partial charge >= 0.3 is 0 Å². The van der Waals surface area contributed by atoms with Crippen LogP contribution in [0.25, 0.3) is 0 Å². The molecule has 234 valence electrons. The van der Waals surface area contributed by atoms with Crippen molar-refractivity contribution in [3.05, 3.63) is 48.5 Å². The number of unbranched alkanes of at least 4 members (excludes halogenated alkanes) is 6. The van der Waals surface area contributed by atoms with E-state index >= 15 is 0 Å². The third kappa shape index (κ3) is 11.1. The van der Waals surface area contributed by atoms with Gasteiger partial charge in [-0.2, -0.15) is 0 Å². The zero-order chi connectivity index (χ0) is 31.2. The van der Waals surface area contributed by atoms with E-state index in [4.69, 9.17) is 32.7 Å². The zero-order valence-electron chi connectivity index (χ0n) is 25.0. The molecule has 0 atom stereocenters. The molecule has 8 nitrogen and oxygen atoms in total. The first kappa shape index (κ1) is 35.9. The van der Waals surface area contributed by atoms with Gasteiger partial charge in [0.15, 0.2) is 5.78 Å². The second kappa shape index (κ2) is 17.1. The molecule has 0 heterocycles. The van der Waals surface area contributed by atoms with Gasteiger partial charge in [-0.15, -0.1) is 0 Å². The fourth-order valence-corrected chi connectivity index (χ4v) is 5.98.